The van der Waals surface area contributed by atoms with Crippen LogP contribution in [0.15, 0.2) is 170 Å². The number of nitrogens with one attached hydrogen (secondary N) is 1. The predicted octanol–water partition coefficient (Wildman–Crippen LogP) is 21.3. The van der Waals surface area contributed by atoms with Gasteiger partial charge in [0, 0.05) is 6.42 Å². The fourth-order valence-electron chi connectivity index (χ4n) is 8.90. The third kappa shape index (κ3) is 67.2. The molecule has 0 fully saturated rings. The van der Waals surface area contributed by atoms with Gasteiger partial charge in [0.2, 0.25) is 5.91 Å². The normalized spacial score (nSPS) is 14.8. The van der Waals surface area contributed by atoms with Gasteiger partial charge in [0.25, 0.3) is 7.82 Å². The van der Waals surface area contributed by atoms with Gasteiger partial charge in [-0.3, -0.25) is 9.36 Å². The van der Waals surface area contributed by atoms with E-state index >= 15 is 0 Å². The molecule has 85 heavy (non-hydrogen) atoms. The summed E-state index contributed by atoms with van der Waals surface area (Å²) in [5, 5.41) is 13.9. The summed E-state index contributed by atoms with van der Waals surface area (Å²) in [7, 11) is 1.20. The Morgan fingerprint density at radius 2 is 0.729 bits per heavy atom. The topological polar surface area (TPSA) is 108 Å². The van der Waals surface area contributed by atoms with Crippen LogP contribution in [0.2, 0.25) is 0 Å². The second-order valence-corrected chi connectivity index (χ2v) is 24.8. The summed E-state index contributed by atoms with van der Waals surface area (Å²) >= 11 is 0. The summed E-state index contributed by atoms with van der Waals surface area (Å²) in [6, 6.07) is -0.935. The van der Waals surface area contributed by atoms with E-state index in [9.17, 15) is 19.4 Å². The second-order valence-electron chi connectivity index (χ2n) is 23.4. The zero-order chi connectivity index (χ0) is 61.9. The van der Waals surface area contributed by atoms with Gasteiger partial charge < -0.3 is 28.8 Å². The lowest BCUT2D eigenvalue weighted by molar-refractivity contribution is -0.870. The molecule has 0 bridgehead atoms. The van der Waals surface area contributed by atoms with Crippen molar-refractivity contribution in [1.29, 1.82) is 0 Å². The molecule has 0 aliphatic rings. The largest absolute Gasteiger partial charge is 0.756 e. The third-order valence-corrected chi connectivity index (χ3v) is 15.1. The van der Waals surface area contributed by atoms with E-state index in [1.54, 1.807) is 6.08 Å². The number of aliphatic hydroxyl groups is 1. The number of hydrogen-bond acceptors (Lipinski definition) is 6. The molecule has 3 atom stereocenters. The first kappa shape index (κ1) is 80.9. The molecule has 0 spiro atoms. The fraction of sp³-hybridized carbons (Fsp3) is 0.618. The van der Waals surface area contributed by atoms with Crippen molar-refractivity contribution >= 4 is 13.7 Å². The van der Waals surface area contributed by atoms with Crippen LogP contribution in [0.1, 0.15) is 251 Å². The number of aliphatic hydroxyl groups excluding tert-OH is 1. The van der Waals surface area contributed by atoms with Gasteiger partial charge in [0.05, 0.1) is 39.9 Å². The molecule has 0 aromatic rings. The molecule has 0 aromatic carbocycles. The molecule has 1 amide bonds. The first-order valence-corrected chi connectivity index (χ1v) is 35.5. The maximum absolute atomic E-state index is 13.0. The van der Waals surface area contributed by atoms with E-state index in [1.165, 1.54) is 96.3 Å². The minimum absolute atomic E-state index is 0.0223. The van der Waals surface area contributed by atoms with E-state index in [-0.39, 0.29) is 12.5 Å². The lowest BCUT2D eigenvalue weighted by Crippen LogP contribution is -2.45. The van der Waals surface area contributed by atoms with Crippen molar-refractivity contribution in [3.8, 4) is 0 Å². The SMILES string of the molecule is CC/C=C\C/C=C\C/C=C\C/C=C\C/C=C\C/C=C\C/C=C\C/C=C\C/C=C\C/C=C\C/C=C\CCCCCCCC(=O)NC(COP(=O)([O-])OCC[N+](C)(C)C)C(O)/C=C/CC/C=C/CC/C=C/CCCCCCCCCCCCCCCC. The smallest absolute Gasteiger partial charge is 0.268 e. The van der Waals surface area contributed by atoms with Gasteiger partial charge in [0.1, 0.15) is 13.2 Å². The molecule has 9 heteroatoms. The van der Waals surface area contributed by atoms with Crippen molar-refractivity contribution in [1.82, 2.24) is 5.32 Å². The number of unbranched alkanes of at least 4 members (excludes halogenated alkanes) is 21. The first-order valence-electron chi connectivity index (χ1n) is 34.0. The monoisotopic (exact) mass is 1190 g/mol. The van der Waals surface area contributed by atoms with E-state index in [2.05, 4.69) is 177 Å². The number of amides is 1. The van der Waals surface area contributed by atoms with E-state index in [0.717, 1.165) is 135 Å². The highest BCUT2D eigenvalue weighted by Crippen LogP contribution is 2.38. The molecule has 8 nitrogen and oxygen atoms in total. The number of likely N-dealkylation sites (N-methyl/N-ethyl adjacent to an activating group) is 1. The molecule has 0 radical (unpaired) electrons. The molecule has 0 rings (SSSR count). The van der Waals surface area contributed by atoms with Crippen LogP contribution in [0, 0.1) is 0 Å². The average Bonchev–Trinajstić information content (AvgIpc) is 3.49. The van der Waals surface area contributed by atoms with Crippen molar-refractivity contribution in [2.24, 2.45) is 0 Å². The van der Waals surface area contributed by atoms with Crippen molar-refractivity contribution in [2.45, 2.75) is 264 Å². The van der Waals surface area contributed by atoms with Crippen molar-refractivity contribution in [3.05, 3.63) is 170 Å². The van der Waals surface area contributed by atoms with Crippen LogP contribution < -0.4 is 10.2 Å². The second kappa shape index (κ2) is 64.3. The van der Waals surface area contributed by atoms with E-state index in [1.807, 2.05) is 27.2 Å². The quantitative estimate of drug-likeness (QED) is 0.0272. The zero-order valence-electron chi connectivity index (χ0n) is 55.0. The summed E-state index contributed by atoms with van der Waals surface area (Å²) in [5.41, 5.74) is 0. The minimum atomic E-state index is -4.63. The molecule has 0 aliphatic heterocycles. The number of phosphoric acid groups is 1. The van der Waals surface area contributed by atoms with Gasteiger partial charge in [-0.1, -0.05) is 287 Å². The summed E-state index contributed by atoms with van der Waals surface area (Å²) in [6.07, 6.45) is 102. The van der Waals surface area contributed by atoms with Crippen LogP contribution in [0.4, 0.5) is 0 Å². The van der Waals surface area contributed by atoms with Crippen LogP contribution in [0.5, 0.6) is 0 Å². The van der Waals surface area contributed by atoms with Gasteiger partial charge in [-0.25, -0.2) is 0 Å². The summed E-state index contributed by atoms with van der Waals surface area (Å²) in [5.74, 6) is -0.236. The predicted molar refractivity (Wildman–Crippen MR) is 370 cm³/mol. The summed E-state index contributed by atoms with van der Waals surface area (Å²) < 4.78 is 23.4. The van der Waals surface area contributed by atoms with Gasteiger partial charge >= 0.3 is 0 Å². The highest BCUT2D eigenvalue weighted by atomic mass is 31.2. The number of phosphoric ester groups is 1. The minimum Gasteiger partial charge on any atom is -0.756 e. The van der Waals surface area contributed by atoms with E-state index in [4.69, 9.17) is 9.05 Å². The Kier molecular flexibility index (Phi) is 61.2. The zero-order valence-corrected chi connectivity index (χ0v) is 55.9. The van der Waals surface area contributed by atoms with E-state index in [0.29, 0.717) is 17.4 Å². The van der Waals surface area contributed by atoms with Crippen LogP contribution in [-0.2, 0) is 18.4 Å². The fourth-order valence-corrected chi connectivity index (χ4v) is 9.62. The summed E-state index contributed by atoms with van der Waals surface area (Å²) in [4.78, 5) is 25.6. The molecule has 3 unspecified atom stereocenters. The molecular weight excluding hydrogens is 1070 g/mol. The van der Waals surface area contributed by atoms with Gasteiger partial charge in [-0.15, -0.1) is 0 Å². The number of rotatable bonds is 60. The van der Waals surface area contributed by atoms with Crippen LogP contribution in [0.3, 0.4) is 0 Å². The number of quaternary nitrogens is 1. The first-order chi connectivity index (χ1) is 41.5. The maximum Gasteiger partial charge on any atom is 0.268 e. The Labute approximate surface area is 524 Å². The third-order valence-electron chi connectivity index (χ3n) is 14.1. The Bertz CT molecular complexity index is 1990. The number of nitrogens with zero attached hydrogens (tertiary/aromatic N) is 1. The number of carbonyl (C=O) groups excluding carboxylic acids is 1. The van der Waals surface area contributed by atoms with Crippen LogP contribution in [-0.4, -0.2) is 68.5 Å². The van der Waals surface area contributed by atoms with Crippen molar-refractivity contribution in [3.63, 3.8) is 0 Å². The molecule has 0 heterocycles. The standard InChI is InChI=1S/C76H127N2O6P/c1-6-8-10-12-14-16-18-20-22-24-26-28-30-32-33-34-35-36-37-38-39-40-41-42-43-44-45-46-48-50-52-54-56-58-60-62-64-66-68-70-76(80)77-74(73-84-85(81,82)83-72-71-78(3,4)5)75(79)69-67-65-63-61-59-57-55-53-51-49-47-31-29-27-25-23-21-19-17-15-13-11-9-7-2/h8,10,14,16,20,22,26,28,32-33,35-36,38-39,41-42,44-45,48,50-51,53-54,56,59,61,67,69,74-75,79H,6-7,9,11-13,15,17-19,21,23-25,27,29-31,34,37,40,43,46-47,49,52,55,57-58,60,62-66,68,70-73H2,1-5H3,(H-,77,80,81,82)/b10-8-,16-14-,22-20-,28-26-,33-32-,36-35-,39-38-,42-41-,45-44-,50-48-,53-51+,56-54-,61-59+,69-67+. The maximum atomic E-state index is 13.0. The number of carbonyl (C=O) groups is 1. The summed E-state index contributed by atoms with van der Waals surface area (Å²) in [6.45, 7) is 4.48. The average molecular weight is 1200 g/mol. The number of allylic oxidation sites excluding steroid dienone is 27. The van der Waals surface area contributed by atoms with Crippen molar-refractivity contribution < 1.29 is 32.9 Å². The molecular formula is C76H127N2O6P. The lowest BCUT2D eigenvalue weighted by atomic mass is 10.0. The molecule has 0 saturated heterocycles. The Morgan fingerprint density at radius 1 is 0.424 bits per heavy atom. The number of hydrogen-bond donors (Lipinski definition) is 2. The van der Waals surface area contributed by atoms with Gasteiger partial charge in [-0.05, 0) is 128 Å². The highest BCUT2D eigenvalue weighted by molar-refractivity contribution is 7.45. The molecule has 0 aliphatic carbocycles. The molecule has 2 N–H and O–H groups in total. The van der Waals surface area contributed by atoms with Crippen LogP contribution in [0.25, 0.3) is 0 Å². The Balaban J connectivity index is 4.27. The Morgan fingerprint density at radius 3 is 1.09 bits per heavy atom. The van der Waals surface area contributed by atoms with Crippen LogP contribution >= 0.6 is 7.82 Å². The van der Waals surface area contributed by atoms with Gasteiger partial charge in [0.15, 0.2) is 0 Å². The Hall–Kier alpha value is -4.14. The van der Waals surface area contributed by atoms with E-state index < -0.39 is 26.6 Å². The molecule has 482 valence electrons. The van der Waals surface area contributed by atoms with Gasteiger partial charge in [-0.2, -0.15) is 0 Å². The lowest BCUT2D eigenvalue weighted by Gasteiger charge is -2.29. The highest BCUT2D eigenvalue weighted by Gasteiger charge is 2.23. The van der Waals surface area contributed by atoms with Crippen molar-refractivity contribution in [2.75, 3.05) is 40.9 Å². The molecule has 0 aromatic heterocycles. The molecule has 0 saturated carbocycles.